The molecule has 0 bridgehead atoms. The first kappa shape index (κ1) is 19.4. The normalized spacial score (nSPS) is 16.8. The Balaban J connectivity index is 1.56. The van der Waals surface area contributed by atoms with Gasteiger partial charge in [0.05, 0.1) is 12.5 Å². The van der Waals surface area contributed by atoms with E-state index in [0.29, 0.717) is 53.0 Å². The minimum atomic E-state index is -0.272. The average molecular weight is 414 g/mol. The number of aromatic nitrogens is 2. The number of oxazole rings is 1. The van der Waals surface area contributed by atoms with Gasteiger partial charge < -0.3 is 14.1 Å². The molecule has 1 atom stereocenters. The van der Waals surface area contributed by atoms with Crippen molar-refractivity contribution in [3.8, 4) is 11.5 Å². The molecule has 150 valence electrons. The SMILES string of the molecule is CCOC(=O)C1CCCN(C(=O)c2ccc3oc(-c4ccnc(Cl)c4)nc3c2)C1. The third-order valence-corrected chi connectivity index (χ3v) is 5.14. The highest BCUT2D eigenvalue weighted by Crippen LogP contribution is 2.27. The molecule has 1 unspecified atom stereocenters. The Morgan fingerprint density at radius 1 is 1.31 bits per heavy atom. The van der Waals surface area contributed by atoms with E-state index in [9.17, 15) is 9.59 Å². The highest BCUT2D eigenvalue weighted by atomic mass is 35.5. The van der Waals surface area contributed by atoms with Gasteiger partial charge in [0.1, 0.15) is 10.7 Å². The summed E-state index contributed by atoms with van der Waals surface area (Å²) in [5.41, 5.74) is 2.38. The standard InChI is InChI=1S/C21H20ClN3O4/c1-2-28-21(27)15-4-3-9-25(12-15)20(26)14-5-6-17-16(10-14)24-19(29-17)13-7-8-23-18(22)11-13/h5-8,10-11,15H,2-4,9,12H2,1H3. The van der Waals surface area contributed by atoms with Crippen molar-refractivity contribution in [3.63, 3.8) is 0 Å². The number of hydrogen-bond donors (Lipinski definition) is 0. The number of esters is 1. The van der Waals surface area contributed by atoms with Crippen molar-refractivity contribution in [1.29, 1.82) is 0 Å². The highest BCUT2D eigenvalue weighted by molar-refractivity contribution is 6.29. The number of carbonyl (C=O) groups is 2. The van der Waals surface area contributed by atoms with Gasteiger partial charge in [0, 0.05) is 30.4 Å². The minimum absolute atomic E-state index is 0.127. The van der Waals surface area contributed by atoms with Crippen LogP contribution in [0, 0.1) is 5.92 Å². The number of likely N-dealkylation sites (tertiary alicyclic amines) is 1. The molecule has 1 aliphatic rings. The number of benzene rings is 1. The summed E-state index contributed by atoms with van der Waals surface area (Å²) < 4.78 is 10.9. The lowest BCUT2D eigenvalue weighted by atomic mass is 9.97. The number of hydrogen-bond acceptors (Lipinski definition) is 6. The first-order valence-electron chi connectivity index (χ1n) is 9.53. The van der Waals surface area contributed by atoms with Crippen molar-refractivity contribution in [2.24, 2.45) is 5.92 Å². The molecule has 0 N–H and O–H groups in total. The van der Waals surface area contributed by atoms with E-state index < -0.39 is 0 Å². The second-order valence-corrected chi connectivity index (χ2v) is 7.30. The monoisotopic (exact) mass is 413 g/mol. The maximum atomic E-state index is 13.0. The number of ether oxygens (including phenoxy) is 1. The predicted molar refractivity (Wildman–Crippen MR) is 108 cm³/mol. The topological polar surface area (TPSA) is 85.5 Å². The molecule has 0 saturated carbocycles. The molecule has 1 saturated heterocycles. The Kier molecular flexibility index (Phi) is 5.49. The molecule has 7 nitrogen and oxygen atoms in total. The number of carbonyl (C=O) groups excluding carboxylic acids is 2. The first-order chi connectivity index (χ1) is 14.0. The largest absolute Gasteiger partial charge is 0.466 e. The summed E-state index contributed by atoms with van der Waals surface area (Å²) in [7, 11) is 0. The van der Waals surface area contributed by atoms with Crippen molar-refractivity contribution in [2.45, 2.75) is 19.8 Å². The fourth-order valence-corrected chi connectivity index (χ4v) is 3.69. The van der Waals surface area contributed by atoms with E-state index in [4.69, 9.17) is 20.8 Å². The molecule has 1 aliphatic heterocycles. The summed E-state index contributed by atoms with van der Waals surface area (Å²) in [6, 6.07) is 8.58. The van der Waals surface area contributed by atoms with Crippen LogP contribution >= 0.6 is 11.6 Å². The van der Waals surface area contributed by atoms with Crippen LogP contribution in [0.2, 0.25) is 5.15 Å². The molecule has 3 aromatic rings. The average Bonchev–Trinajstić information content (AvgIpc) is 3.17. The molecule has 1 aromatic carbocycles. The molecule has 1 fully saturated rings. The Hall–Kier alpha value is -2.93. The van der Waals surface area contributed by atoms with Gasteiger partial charge in [0.15, 0.2) is 5.58 Å². The van der Waals surface area contributed by atoms with Gasteiger partial charge >= 0.3 is 5.97 Å². The number of nitrogens with zero attached hydrogens (tertiary/aromatic N) is 3. The second-order valence-electron chi connectivity index (χ2n) is 6.91. The number of piperidine rings is 1. The number of amides is 1. The van der Waals surface area contributed by atoms with E-state index in [1.807, 2.05) is 0 Å². The maximum absolute atomic E-state index is 13.0. The van der Waals surface area contributed by atoms with Gasteiger partial charge in [-0.2, -0.15) is 0 Å². The van der Waals surface area contributed by atoms with Crippen LogP contribution in [0.5, 0.6) is 0 Å². The molecule has 3 heterocycles. The molecular weight excluding hydrogens is 394 g/mol. The van der Waals surface area contributed by atoms with Gasteiger partial charge in [-0.3, -0.25) is 9.59 Å². The fourth-order valence-electron chi connectivity index (χ4n) is 3.52. The minimum Gasteiger partial charge on any atom is -0.466 e. The van der Waals surface area contributed by atoms with E-state index >= 15 is 0 Å². The van der Waals surface area contributed by atoms with Gasteiger partial charge in [0.2, 0.25) is 5.89 Å². The van der Waals surface area contributed by atoms with E-state index in [0.717, 1.165) is 12.8 Å². The molecule has 29 heavy (non-hydrogen) atoms. The molecule has 4 rings (SSSR count). The van der Waals surface area contributed by atoms with Crippen LogP contribution in [-0.4, -0.2) is 46.4 Å². The van der Waals surface area contributed by atoms with Crippen molar-refractivity contribution in [3.05, 3.63) is 47.2 Å². The van der Waals surface area contributed by atoms with Gasteiger partial charge in [-0.1, -0.05) is 11.6 Å². The van der Waals surface area contributed by atoms with Crippen LogP contribution in [0.15, 0.2) is 40.9 Å². The molecule has 0 spiro atoms. The van der Waals surface area contributed by atoms with Gasteiger partial charge in [0.25, 0.3) is 5.91 Å². The summed E-state index contributed by atoms with van der Waals surface area (Å²) in [4.78, 5) is 35.2. The lowest BCUT2D eigenvalue weighted by molar-refractivity contribution is -0.149. The second kappa shape index (κ2) is 8.21. The number of fused-ring (bicyclic) bond motifs is 1. The summed E-state index contributed by atoms with van der Waals surface area (Å²) in [5, 5.41) is 0.349. The Labute approximate surface area is 172 Å². The lowest BCUT2D eigenvalue weighted by Gasteiger charge is -2.31. The summed E-state index contributed by atoms with van der Waals surface area (Å²) >= 11 is 5.94. The quantitative estimate of drug-likeness (QED) is 0.475. The first-order valence-corrected chi connectivity index (χ1v) is 9.91. The number of halogens is 1. The van der Waals surface area contributed by atoms with E-state index in [1.165, 1.54) is 0 Å². The third-order valence-electron chi connectivity index (χ3n) is 4.94. The summed E-state index contributed by atoms with van der Waals surface area (Å²) in [5.74, 6) is -0.226. The summed E-state index contributed by atoms with van der Waals surface area (Å²) in [6.07, 6.45) is 3.09. The fraction of sp³-hybridized carbons (Fsp3) is 0.333. The van der Waals surface area contributed by atoms with E-state index in [2.05, 4.69) is 9.97 Å². The van der Waals surface area contributed by atoms with Gasteiger partial charge in [-0.05, 0) is 50.1 Å². The zero-order valence-electron chi connectivity index (χ0n) is 15.9. The van der Waals surface area contributed by atoms with Crippen LogP contribution in [0.25, 0.3) is 22.6 Å². The summed E-state index contributed by atoms with van der Waals surface area (Å²) in [6.45, 7) is 3.11. The Bertz CT molecular complexity index is 1070. The van der Waals surface area contributed by atoms with Crippen LogP contribution < -0.4 is 0 Å². The molecular formula is C21H20ClN3O4. The van der Waals surface area contributed by atoms with Crippen LogP contribution in [0.1, 0.15) is 30.1 Å². The highest BCUT2D eigenvalue weighted by Gasteiger charge is 2.30. The van der Waals surface area contributed by atoms with E-state index in [1.54, 1.807) is 48.4 Å². The molecule has 0 aliphatic carbocycles. The molecule has 2 aromatic heterocycles. The van der Waals surface area contributed by atoms with Crippen molar-refractivity contribution in [1.82, 2.24) is 14.9 Å². The molecule has 8 heteroatoms. The van der Waals surface area contributed by atoms with Gasteiger partial charge in [-0.25, -0.2) is 9.97 Å². The number of pyridine rings is 1. The van der Waals surface area contributed by atoms with Crippen LogP contribution in [0.4, 0.5) is 0 Å². The maximum Gasteiger partial charge on any atom is 0.310 e. The smallest absolute Gasteiger partial charge is 0.310 e. The Morgan fingerprint density at radius 3 is 2.97 bits per heavy atom. The van der Waals surface area contributed by atoms with Crippen LogP contribution in [0.3, 0.4) is 0 Å². The lowest BCUT2D eigenvalue weighted by Crippen LogP contribution is -2.42. The third kappa shape index (κ3) is 4.10. The molecule has 1 amide bonds. The van der Waals surface area contributed by atoms with Gasteiger partial charge in [-0.15, -0.1) is 0 Å². The Morgan fingerprint density at radius 2 is 2.17 bits per heavy atom. The zero-order valence-corrected chi connectivity index (χ0v) is 16.7. The van der Waals surface area contributed by atoms with Crippen LogP contribution in [-0.2, 0) is 9.53 Å². The van der Waals surface area contributed by atoms with Crippen molar-refractivity contribution in [2.75, 3.05) is 19.7 Å². The predicted octanol–water partition coefficient (Wildman–Crippen LogP) is 3.96. The van der Waals surface area contributed by atoms with E-state index in [-0.39, 0.29) is 17.8 Å². The number of rotatable bonds is 4. The molecule has 0 radical (unpaired) electrons. The van der Waals surface area contributed by atoms with Crippen molar-refractivity contribution < 1.29 is 18.7 Å². The van der Waals surface area contributed by atoms with Crippen molar-refractivity contribution >= 4 is 34.6 Å². The zero-order chi connectivity index (χ0) is 20.4.